The number of aromatic nitrogens is 2. The zero-order valence-electron chi connectivity index (χ0n) is 12.3. The highest BCUT2D eigenvalue weighted by Gasteiger charge is 2.25. The third kappa shape index (κ3) is 3.69. The molecule has 2 N–H and O–H groups in total. The molecule has 6 heteroatoms. The molecule has 0 saturated carbocycles. The summed E-state index contributed by atoms with van der Waals surface area (Å²) in [6.45, 7) is 3.68. The summed E-state index contributed by atoms with van der Waals surface area (Å²) in [5.74, 6) is 1.58. The van der Waals surface area contributed by atoms with Crippen molar-refractivity contribution in [3.05, 3.63) is 18.6 Å². The van der Waals surface area contributed by atoms with Crippen molar-refractivity contribution in [2.75, 3.05) is 31.1 Å². The Bertz CT molecular complexity index is 460. The Hall–Kier alpha value is -1.69. The van der Waals surface area contributed by atoms with Crippen molar-refractivity contribution in [3.8, 4) is 0 Å². The molecule has 3 rings (SSSR count). The Kier molecular flexibility index (Phi) is 4.65. The van der Waals surface area contributed by atoms with Crippen LogP contribution in [0.2, 0.25) is 0 Å². The predicted octanol–water partition coefficient (Wildman–Crippen LogP) is 0.561. The number of rotatable bonds is 4. The van der Waals surface area contributed by atoms with Gasteiger partial charge in [-0.15, -0.1) is 0 Å². The number of carbonyl (C=O) groups excluding carboxylic acids is 1. The average Bonchev–Trinajstić information content (AvgIpc) is 3.08. The average molecular weight is 289 g/mol. The molecular formula is C15H23N5O. The summed E-state index contributed by atoms with van der Waals surface area (Å²) in [5, 5.41) is 6.34. The van der Waals surface area contributed by atoms with E-state index < -0.39 is 0 Å². The highest BCUT2D eigenvalue weighted by Crippen LogP contribution is 2.20. The van der Waals surface area contributed by atoms with Crippen molar-refractivity contribution in [1.82, 2.24) is 20.6 Å². The van der Waals surface area contributed by atoms with E-state index in [1.807, 2.05) is 6.20 Å². The molecule has 2 atom stereocenters. The summed E-state index contributed by atoms with van der Waals surface area (Å²) in [7, 11) is 0. The van der Waals surface area contributed by atoms with Crippen LogP contribution >= 0.6 is 0 Å². The molecule has 1 amide bonds. The molecule has 6 nitrogen and oxygen atoms in total. The van der Waals surface area contributed by atoms with Crippen LogP contribution in [0.1, 0.15) is 25.7 Å². The van der Waals surface area contributed by atoms with Crippen LogP contribution in [0.4, 0.5) is 5.82 Å². The van der Waals surface area contributed by atoms with E-state index in [0.29, 0.717) is 5.92 Å². The fourth-order valence-corrected chi connectivity index (χ4v) is 3.17. The van der Waals surface area contributed by atoms with Crippen molar-refractivity contribution < 1.29 is 4.79 Å². The SMILES string of the molecule is O=C(NCC1CCCN(c2cnccn2)C1)C1CCCN1. The van der Waals surface area contributed by atoms with Crippen LogP contribution in [0.25, 0.3) is 0 Å². The standard InChI is InChI=1S/C15H23N5O/c21-15(13-4-1-5-17-13)19-9-12-3-2-8-20(11-12)14-10-16-6-7-18-14/h6-7,10,12-13,17H,1-5,8-9,11H2,(H,19,21). The monoisotopic (exact) mass is 289 g/mol. The Balaban J connectivity index is 1.48. The highest BCUT2D eigenvalue weighted by molar-refractivity contribution is 5.81. The minimum atomic E-state index is 0.0182. The molecule has 0 radical (unpaired) electrons. The Morgan fingerprint density at radius 2 is 2.33 bits per heavy atom. The van der Waals surface area contributed by atoms with Gasteiger partial charge in [-0.1, -0.05) is 0 Å². The van der Waals surface area contributed by atoms with Crippen molar-refractivity contribution in [2.24, 2.45) is 5.92 Å². The minimum absolute atomic E-state index is 0.0182. The molecule has 1 aromatic heterocycles. The van der Waals surface area contributed by atoms with Crippen LogP contribution in [-0.2, 0) is 4.79 Å². The van der Waals surface area contributed by atoms with Crippen LogP contribution in [0.3, 0.4) is 0 Å². The van der Waals surface area contributed by atoms with Gasteiger partial charge in [0.1, 0.15) is 5.82 Å². The van der Waals surface area contributed by atoms with E-state index in [9.17, 15) is 4.79 Å². The zero-order chi connectivity index (χ0) is 14.5. The van der Waals surface area contributed by atoms with E-state index in [1.54, 1.807) is 12.4 Å². The topological polar surface area (TPSA) is 70.2 Å². The number of hydrogen-bond donors (Lipinski definition) is 2. The summed E-state index contributed by atoms with van der Waals surface area (Å²) in [5.41, 5.74) is 0. The lowest BCUT2D eigenvalue weighted by molar-refractivity contribution is -0.122. The maximum Gasteiger partial charge on any atom is 0.237 e. The summed E-state index contributed by atoms with van der Waals surface area (Å²) in [4.78, 5) is 22.8. The van der Waals surface area contributed by atoms with E-state index in [2.05, 4.69) is 25.5 Å². The maximum absolute atomic E-state index is 12.0. The predicted molar refractivity (Wildman–Crippen MR) is 81.0 cm³/mol. The van der Waals surface area contributed by atoms with Crippen molar-refractivity contribution in [1.29, 1.82) is 0 Å². The van der Waals surface area contributed by atoms with Gasteiger partial charge >= 0.3 is 0 Å². The first-order chi connectivity index (χ1) is 10.3. The van der Waals surface area contributed by atoms with Gasteiger partial charge in [0, 0.05) is 32.0 Å². The summed E-state index contributed by atoms with van der Waals surface area (Å²) >= 11 is 0. The molecule has 2 saturated heterocycles. The number of amides is 1. The molecule has 21 heavy (non-hydrogen) atoms. The second kappa shape index (κ2) is 6.85. The second-order valence-corrected chi connectivity index (χ2v) is 5.91. The quantitative estimate of drug-likeness (QED) is 0.847. The van der Waals surface area contributed by atoms with Crippen molar-refractivity contribution >= 4 is 11.7 Å². The molecule has 2 fully saturated rings. The fraction of sp³-hybridized carbons (Fsp3) is 0.667. The molecule has 2 aliphatic rings. The van der Waals surface area contributed by atoms with E-state index >= 15 is 0 Å². The summed E-state index contributed by atoms with van der Waals surface area (Å²) < 4.78 is 0. The van der Waals surface area contributed by atoms with Gasteiger partial charge in [0.25, 0.3) is 0 Å². The van der Waals surface area contributed by atoms with E-state index in [4.69, 9.17) is 0 Å². The first-order valence-corrected chi connectivity index (χ1v) is 7.85. The van der Waals surface area contributed by atoms with Crippen LogP contribution in [0, 0.1) is 5.92 Å². The number of piperidine rings is 1. The molecule has 0 aromatic carbocycles. The normalized spacial score (nSPS) is 25.8. The number of nitrogens with one attached hydrogen (secondary N) is 2. The van der Waals surface area contributed by atoms with Crippen molar-refractivity contribution in [3.63, 3.8) is 0 Å². The van der Waals surface area contributed by atoms with Gasteiger partial charge < -0.3 is 15.5 Å². The molecule has 2 aliphatic heterocycles. The van der Waals surface area contributed by atoms with Gasteiger partial charge in [0.05, 0.1) is 12.2 Å². The van der Waals surface area contributed by atoms with Gasteiger partial charge in [-0.3, -0.25) is 9.78 Å². The Labute approximate surface area is 125 Å². The Morgan fingerprint density at radius 3 is 3.10 bits per heavy atom. The van der Waals surface area contributed by atoms with Crippen LogP contribution in [0.15, 0.2) is 18.6 Å². The van der Waals surface area contributed by atoms with Gasteiger partial charge in [-0.2, -0.15) is 0 Å². The lowest BCUT2D eigenvalue weighted by Crippen LogP contribution is -2.45. The largest absolute Gasteiger partial charge is 0.355 e. The van der Waals surface area contributed by atoms with Crippen molar-refractivity contribution in [2.45, 2.75) is 31.7 Å². The van der Waals surface area contributed by atoms with Gasteiger partial charge in [-0.05, 0) is 38.1 Å². The first kappa shape index (κ1) is 14.3. The van der Waals surface area contributed by atoms with Gasteiger partial charge in [-0.25, -0.2) is 4.98 Å². The van der Waals surface area contributed by atoms with Gasteiger partial charge in [0.2, 0.25) is 5.91 Å². The lowest BCUT2D eigenvalue weighted by atomic mass is 9.98. The maximum atomic E-state index is 12.0. The van der Waals surface area contributed by atoms with E-state index in [0.717, 1.165) is 57.7 Å². The fourth-order valence-electron chi connectivity index (χ4n) is 3.17. The number of hydrogen-bond acceptors (Lipinski definition) is 5. The highest BCUT2D eigenvalue weighted by atomic mass is 16.2. The molecule has 1 aromatic rings. The third-order valence-corrected chi connectivity index (χ3v) is 4.33. The summed E-state index contributed by atoms with van der Waals surface area (Å²) in [6, 6.07) is 0.0182. The first-order valence-electron chi connectivity index (χ1n) is 7.85. The van der Waals surface area contributed by atoms with E-state index in [-0.39, 0.29) is 11.9 Å². The van der Waals surface area contributed by atoms with Crippen LogP contribution in [-0.4, -0.2) is 48.1 Å². The van der Waals surface area contributed by atoms with Crippen LogP contribution in [0.5, 0.6) is 0 Å². The summed E-state index contributed by atoms with van der Waals surface area (Å²) in [6.07, 6.45) is 9.59. The number of anilines is 1. The molecule has 2 unspecified atom stereocenters. The molecule has 0 aliphatic carbocycles. The lowest BCUT2D eigenvalue weighted by Gasteiger charge is -2.33. The molecule has 114 valence electrons. The molecular weight excluding hydrogens is 266 g/mol. The smallest absolute Gasteiger partial charge is 0.237 e. The number of carbonyl (C=O) groups is 1. The van der Waals surface area contributed by atoms with E-state index in [1.165, 1.54) is 0 Å². The Morgan fingerprint density at radius 1 is 1.38 bits per heavy atom. The molecule has 0 bridgehead atoms. The van der Waals surface area contributed by atoms with Crippen LogP contribution < -0.4 is 15.5 Å². The van der Waals surface area contributed by atoms with Gasteiger partial charge in [0.15, 0.2) is 0 Å². The molecule has 0 spiro atoms. The third-order valence-electron chi connectivity index (χ3n) is 4.33. The zero-order valence-corrected chi connectivity index (χ0v) is 12.3. The number of nitrogens with zero attached hydrogens (tertiary/aromatic N) is 3. The second-order valence-electron chi connectivity index (χ2n) is 5.91. The minimum Gasteiger partial charge on any atom is -0.355 e. The molecule has 3 heterocycles.